The van der Waals surface area contributed by atoms with Crippen molar-refractivity contribution in [2.24, 2.45) is 0 Å². The first kappa shape index (κ1) is 13.7. The molecule has 0 spiro atoms. The van der Waals surface area contributed by atoms with Crippen molar-refractivity contribution < 1.29 is 9.59 Å². The molecule has 0 radical (unpaired) electrons. The number of urea groups is 1. The van der Waals surface area contributed by atoms with Crippen LogP contribution in [0.2, 0.25) is 0 Å². The lowest BCUT2D eigenvalue weighted by atomic mass is 10.4. The Hall–Kier alpha value is -1.26. The average Bonchev–Trinajstić information content (AvgIpc) is 2.13. The highest BCUT2D eigenvalue weighted by Crippen LogP contribution is 1.89. The van der Waals surface area contributed by atoms with E-state index in [1.165, 1.54) is 4.90 Å². The Labute approximate surface area is 91.2 Å². The Morgan fingerprint density at radius 2 is 1.87 bits per heavy atom. The van der Waals surface area contributed by atoms with Gasteiger partial charge in [-0.05, 0) is 27.7 Å². The molecule has 0 aromatic heterocycles. The Kier molecular flexibility index (Phi) is 6.49. The van der Waals surface area contributed by atoms with Gasteiger partial charge in [0.05, 0.1) is 0 Å². The van der Waals surface area contributed by atoms with Crippen LogP contribution in [0.1, 0.15) is 27.7 Å². The van der Waals surface area contributed by atoms with Gasteiger partial charge in [-0.2, -0.15) is 0 Å². The van der Waals surface area contributed by atoms with Crippen LogP contribution >= 0.6 is 0 Å². The van der Waals surface area contributed by atoms with Gasteiger partial charge in [0.1, 0.15) is 6.54 Å². The number of amides is 3. The fourth-order valence-corrected chi connectivity index (χ4v) is 1.13. The van der Waals surface area contributed by atoms with Gasteiger partial charge in [-0.25, -0.2) is 4.79 Å². The minimum absolute atomic E-state index is 0.102. The molecule has 5 nitrogen and oxygen atoms in total. The highest BCUT2D eigenvalue weighted by molar-refractivity contribution is 5.84. The molecule has 15 heavy (non-hydrogen) atoms. The maximum absolute atomic E-state index is 11.4. The molecule has 0 bridgehead atoms. The molecule has 0 saturated carbocycles. The van der Waals surface area contributed by atoms with E-state index < -0.39 is 0 Å². The fourth-order valence-electron chi connectivity index (χ4n) is 1.13. The molecule has 0 aliphatic heterocycles. The summed E-state index contributed by atoms with van der Waals surface area (Å²) in [5.74, 6) is -0.127. The molecule has 2 N–H and O–H groups in total. The summed E-state index contributed by atoms with van der Waals surface area (Å²) >= 11 is 0. The van der Waals surface area contributed by atoms with Crippen molar-refractivity contribution in [1.29, 1.82) is 0 Å². The standard InChI is InChI=1S/C10H21N3O2/c1-5-11-10(15)13(6-2)7-9(14)12-8(3)4/h8H,5-7H2,1-4H3,(H,11,15)(H,12,14). The van der Waals surface area contributed by atoms with Crippen LogP contribution in [-0.4, -0.2) is 42.5 Å². The molecule has 0 unspecified atom stereocenters. The van der Waals surface area contributed by atoms with Gasteiger partial charge >= 0.3 is 6.03 Å². The van der Waals surface area contributed by atoms with Crippen LogP contribution in [0.15, 0.2) is 0 Å². The molecule has 0 fully saturated rings. The maximum atomic E-state index is 11.4. The van der Waals surface area contributed by atoms with E-state index >= 15 is 0 Å². The second kappa shape index (κ2) is 7.09. The van der Waals surface area contributed by atoms with Crippen molar-refractivity contribution in [3.63, 3.8) is 0 Å². The van der Waals surface area contributed by atoms with Gasteiger partial charge in [0.25, 0.3) is 0 Å². The van der Waals surface area contributed by atoms with Crippen molar-refractivity contribution in [1.82, 2.24) is 15.5 Å². The van der Waals surface area contributed by atoms with Crippen molar-refractivity contribution in [3.8, 4) is 0 Å². The lowest BCUT2D eigenvalue weighted by Gasteiger charge is -2.21. The molecule has 0 saturated heterocycles. The zero-order valence-corrected chi connectivity index (χ0v) is 9.96. The van der Waals surface area contributed by atoms with E-state index in [2.05, 4.69) is 10.6 Å². The Morgan fingerprint density at radius 1 is 1.27 bits per heavy atom. The molecule has 0 rings (SSSR count). The minimum atomic E-state index is -0.195. The topological polar surface area (TPSA) is 61.4 Å². The molecule has 88 valence electrons. The Balaban J connectivity index is 4.08. The van der Waals surface area contributed by atoms with Gasteiger partial charge < -0.3 is 15.5 Å². The van der Waals surface area contributed by atoms with Crippen LogP contribution in [0.5, 0.6) is 0 Å². The number of carbonyl (C=O) groups is 2. The van der Waals surface area contributed by atoms with E-state index in [1.807, 2.05) is 27.7 Å². The number of nitrogens with one attached hydrogen (secondary N) is 2. The van der Waals surface area contributed by atoms with E-state index in [4.69, 9.17) is 0 Å². The third-order valence-electron chi connectivity index (χ3n) is 1.78. The lowest BCUT2D eigenvalue weighted by molar-refractivity contribution is -0.122. The predicted molar refractivity (Wildman–Crippen MR) is 59.6 cm³/mol. The van der Waals surface area contributed by atoms with Gasteiger partial charge in [0.2, 0.25) is 5.91 Å². The van der Waals surface area contributed by atoms with E-state index in [0.717, 1.165) is 0 Å². The molecular formula is C10H21N3O2. The van der Waals surface area contributed by atoms with Gasteiger partial charge in [-0.1, -0.05) is 0 Å². The Bertz CT molecular complexity index is 217. The smallest absolute Gasteiger partial charge is 0.317 e. The summed E-state index contributed by atoms with van der Waals surface area (Å²) in [6.45, 7) is 8.68. The molecule has 0 aromatic carbocycles. The molecule has 0 atom stereocenters. The molecule has 0 aromatic rings. The number of likely N-dealkylation sites (N-methyl/N-ethyl adjacent to an activating group) is 1. The van der Waals surface area contributed by atoms with Crippen LogP contribution in [0, 0.1) is 0 Å². The second-order valence-corrected chi connectivity index (χ2v) is 3.57. The summed E-state index contributed by atoms with van der Waals surface area (Å²) in [6, 6.07) is -0.0932. The van der Waals surface area contributed by atoms with Gasteiger partial charge in [0.15, 0.2) is 0 Å². The van der Waals surface area contributed by atoms with Crippen LogP contribution in [0.4, 0.5) is 4.79 Å². The third kappa shape index (κ3) is 5.93. The van der Waals surface area contributed by atoms with Gasteiger partial charge in [-0.3, -0.25) is 4.79 Å². The number of rotatable bonds is 5. The van der Waals surface area contributed by atoms with Crippen LogP contribution < -0.4 is 10.6 Å². The highest BCUT2D eigenvalue weighted by atomic mass is 16.2. The predicted octanol–water partition coefficient (Wildman–Crippen LogP) is 0.562. The summed E-state index contributed by atoms with van der Waals surface area (Å²) in [7, 11) is 0. The first-order valence-corrected chi connectivity index (χ1v) is 5.33. The first-order valence-electron chi connectivity index (χ1n) is 5.33. The first-order chi connectivity index (χ1) is 7.01. The number of nitrogens with zero attached hydrogens (tertiary/aromatic N) is 1. The van der Waals surface area contributed by atoms with Crippen LogP contribution in [-0.2, 0) is 4.79 Å². The largest absolute Gasteiger partial charge is 0.352 e. The summed E-state index contributed by atoms with van der Waals surface area (Å²) in [6.07, 6.45) is 0. The van der Waals surface area contributed by atoms with E-state index in [0.29, 0.717) is 13.1 Å². The highest BCUT2D eigenvalue weighted by Gasteiger charge is 2.14. The van der Waals surface area contributed by atoms with Crippen LogP contribution in [0.25, 0.3) is 0 Å². The summed E-state index contributed by atoms with van der Waals surface area (Å²) in [4.78, 5) is 24.3. The monoisotopic (exact) mass is 215 g/mol. The van der Waals surface area contributed by atoms with E-state index in [1.54, 1.807) is 0 Å². The van der Waals surface area contributed by atoms with Crippen LogP contribution in [0.3, 0.4) is 0 Å². The van der Waals surface area contributed by atoms with Gasteiger partial charge in [-0.15, -0.1) is 0 Å². The molecule has 0 heterocycles. The summed E-state index contributed by atoms with van der Waals surface area (Å²) < 4.78 is 0. The van der Waals surface area contributed by atoms with E-state index in [9.17, 15) is 9.59 Å². The number of hydrogen-bond donors (Lipinski definition) is 2. The SMILES string of the molecule is CCNC(=O)N(CC)CC(=O)NC(C)C. The molecule has 5 heteroatoms. The maximum Gasteiger partial charge on any atom is 0.317 e. The fraction of sp³-hybridized carbons (Fsp3) is 0.800. The zero-order valence-electron chi connectivity index (χ0n) is 9.96. The second-order valence-electron chi connectivity index (χ2n) is 3.57. The van der Waals surface area contributed by atoms with Crippen molar-refractivity contribution >= 4 is 11.9 Å². The lowest BCUT2D eigenvalue weighted by Crippen LogP contribution is -2.46. The minimum Gasteiger partial charge on any atom is -0.352 e. The molecule has 0 aliphatic rings. The van der Waals surface area contributed by atoms with Gasteiger partial charge in [0, 0.05) is 19.1 Å². The average molecular weight is 215 g/mol. The number of carbonyl (C=O) groups excluding carboxylic acids is 2. The summed E-state index contributed by atoms with van der Waals surface area (Å²) in [5.41, 5.74) is 0. The normalized spacial score (nSPS) is 9.93. The number of hydrogen-bond acceptors (Lipinski definition) is 2. The van der Waals surface area contributed by atoms with Crippen molar-refractivity contribution in [2.45, 2.75) is 33.7 Å². The quantitative estimate of drug-likeness (QED) is 0.704. The molecular weight excluding hydrogens is 194 g/mol. The third-order valence-corrected chi connectivity index (χ3v) is 1.78. The summed E-state index contributed by atoms with van der Waals surface area (Å²) in [5, 5.41) is 5.41. The molecule has 0 aliphatic carbocycles. The zero-order chi connectivity index (χ0) is 11.8. The van der Waals surface area contributed by atoms with E-state index in [-0.39, 0.29) is 24.5 Å². The Morgan fingerprint density at radius 3 is 2.27 bits per heavy atom. The molecule has 3 amide bonds. The van der Waals surface area contributed by atoms with Crippen molar-refractivity contribution in [3.05, 3.63) is 0 Å². The van der Waals surface area contributed by atoms with Crippen molar-refractivity contribution in [2.75, 3.05) is 19.6 Å².